The first-order valence-electron chi connectivity index (χ1n) is 7.42. The number of ether oxygens (including phenoxy) is 1. The molecule has 0 radical (unpaired) electrons. The van der Waals surface area contributed by atoms with Crippen LogP contribution >= 0.6 is 0 Å². The van der Waals surface area contributed by atoms with Crippen LogP contribution < -0.4 is 0 Å². The minimum absolute atomic E-state index is 0.0493. The highest BCUT2D eigenvalue weighted by molar-refractivity contribution is 5.64. The largest absolute Gasteiger partial charge is 0.372 e. The van der Waals surface area contributed by atoms with Gasteiger partial charge in [0.05, 0.1) is 12.0 Å². The van der Waals surface area contributed by atoms with E-state index >= 15 is 0 Å². The van der Waals surface area contributed by atoms with Gasteiger partial charge in [-0.15, -0.1) is 0 Å². The minimum atomic E-state index is -0.0493. The molecular weight excluding hydrogens is 272 g/mol. The summed E-state index contributed by atoms with van der Waals surface area (Å²) < 4.78 is 5.75. The van der Waals surface area contributed by atoms with Gasteiger partial charge in [0.2, 0.25) is 0 Å². The molecule has 0 saturated heterocycles. The Morgan fingerprint density at radius 2 is 1.73 bits per heavy atom. The number of nitrogens with zero attached hydrogens (tertiary/aromatic N) is 2. The van der Waals surface area contributed by atoms with Crippen molar-refractivity contribution in [1.29, 1.82) is 0 Å². The average molecular weight is 296 g/mol. The minimum Gasteiger partial charge on any atom is -0.372 e. The lowest BCUT2D eigenvalue weighted by Crippen LogP contribution is -2.08. The van der Waals surface area contributed by atoms with Crippen molar-refractivity contribution in [3.8, 4) is 0 Å². The molecule has 116 valence electrons. The standard InChI is InChI=1S/C19H24N2O/c1-14-12-18(20-13-21(3)4)15(2)11-17(14)19(22-5)16-9-7-6-8-10-16/h6-13,19H,1-5H3/b20-13-. The van der Waals surface area contributed by atoms with Crippen LogP contribution in [0.4, 0.5) is 5.69 Å². The van der Waals surface area contributed by atoms with Crippen LogP contribution in [0.1, 0.15) is 28.4 Å². The Kier molecular flexibility index (Phi) is 5.34. The van der Waals surface area contributed by atoms with Crippen LogP contribution in [0.3, 0.4) is 0 Å². The van der Waals surface area contributed by atoms with Crippen LogP contribution in [-0.4, -0.2) is 32.4 Å². The number of aliphatic imine (C=N–C) groups is 1. The molecule has 2 aromatic carbocycles. The van der Waals surface area contributed by atoms with Gasteiger partial charge in [0.25, 0.3) is 0 Å². The molecule has 1 atom stereocenters. The summed E-state index contributed by atoms with van der Waals surface area (Å²) in [6.45, 7) is 4.20. The quantitative estimate of drug-likeness (QED) is 0.608. The molecule has 0 aliphatic heterocycles. The molecule has 1 unspecified atom stereocenters. The molecule has 0 aromatic heterocycles. The Labute approximate surface area is 133 Å². The highest BCUT2D eigenvalue weighted by Gasteiger charge is 2.16. The first kappa shape index (κ1) is 16.2. The van der Waals surface area contributed by atoms with E-state index in [2.05, 4.69) is 43.1 Å². The van der Waals surface area contributed by atoms with Crippen LogP contribution in [0.25, 0.3) is 0 Å². The third-order valence-electron chi connectivity index (χ3n) is 3.63. The number of hydrogen-bond donors (Lipinski definition) is 0. The Hall–Kier alpha value is -2.13. The lowest BCUT2D eigenvalue weighted by Gasteiger charge is -2.20. The van der Waals surface area contributed by atoms with Gasteiger partial charge < -0.3 is 9.64 Å². The van der Waals surface area contributed by atoms with Gasteiger partial charge in [-0.05, 0) is 42.2 Å². The topological polar surface area (TPSA) is 24.8 Å². The third kappa shape index (κ3) is 3.74. The Morgan fingerprint density at radius 1 is 1.05 bits per heavy atom. The van der Waals surface area contributed by atoms with Crippen molar-refractivity contribution in [2.75, 3.05) is 21.2 Å². The molecule has 0 heterocycles. The van der Waals surface area contributed by atoms with E-state index in [4.69, 9.17) is 4.74 Å². The van der Waals surface area contributed by atoms with Crippen molar-refractivity contribution in [2.45, 2.75) is 20.0 Å². The summed E-state index contributed by atoms with van der Waals surface area (Å²) in [5, 5.41) is 0. The molecule has 0 amide bonds. The highest BCUT2D eigenvalue weighted by atomic mass is 16.5. The Bertz CT molecular complexity index is 648. The lowest BCUT2D eigenvalue weighted by molar-refractivity contribution is 0.136. The van der Waals surface area contributed by atoms with E-state index in [1.807, 2.05) is 43.5 Å². The Balaban J connectivity index is 2.41. The molecule has 0 saturated carbocycles. The second-order valence-corrected chi connectivity index (χ2v) is 5.73. The van der Waals surface area contributed by atoms with Crippen molar-refractivity contribution >= 4 is 12.0 Å². The summed E-state index contributed by atoms with van der Waals surface area (Å²) in [6.07, 6.45) is 1.78. The maximum Gasteiger partial charge on any atom is 0.107 e. The van der Waals surface area contributed by atoms with Gasteiger partial charge >= 0.3 is 0 Å². The fraction of sp³-hybridized carbons (Fsp3) is 0.316. The Morgan fingerprint density at radius 3 is 2.32 bits per heavy atom. The predicted molar refractivity (Wildman–Crippen MR) is 93.0 cm³/mol. The normalized spacial score (nSPS) is 12.6. The molecule has 0 fully saturated rings. The smallest absolute Gasteiger partial charge is 0.107 e. The van der Waals surface area contributed by atoms with Gasteiger partial charge in [0.1, 0.15) is 6.10 Å². The molecular formula is C19H24N2O. The van der Waals surface area contributed by atoms with Gasteiger partial charge in [-0.3, -0.25) is 0 Å². The average Bonchev–Trinajstić information content (AvgIpc) is 2.50. The highest BCUT2D eigenvalue weighted by Crippen LogP contribution is 2.32. The second-order valence-electron chi connectivity index (χ2n) is 5.73. The zero-order valence-electron chi connectivity index (χ0n) is 14.0. The van der Waals surface area contributed by atoms with E-state index in [0.29, 0.717) is 0 Å². The number of benzene rings is 2. The van der Waals surface area contributed by atoms with E-state index in [9.17, 15) is 0 Å². The van der Waals surface area contributed by atoms with Crippen molar-refractivity contribution in [2.24, 2.45) is 4.99 Å². The van der Waals surface area contributed by atoms with Crippen molar-refractivity contribution in [3.05, 3.63) is 64.7 Å². The molecule has 2 aromatic rings. The summed E-state index contributed by atoms with van der Waals surface area (Å²) in [6, 6.07) is 14.6. The number of methoxy groups -OCH3 is 1. The third-order valence-corrected chi connectivity index (χ3v) is 3.63. The van der Waals surface area contributed by atoms with Crippen molar-refractivity contribution in [3.63, 3.8) is 0 Å². The predicted octanol–water partition coefficient (Wildman–Crippen LogP) is 4.26. The monoisotopic (exact) mass is 296 g/mol. The van der Waals surface area contributed by atoms with Gasteiger partial charge in [-0.2, -0.15) is 0 Å². The molecule has 22 heavy (non-hydrogen) atoms. The fourth-order valence-electron chi connectivity index (χ4n) is 2.49. The fourth-order valence-corrected chi connectivity index (χ4v) is 2.49. The first-order chi connectivity index (χ1) is 10.5. The molecule has 2 rings (SSSR count). The molecule has 3 heteroatoms. The maximum atomic E-state index is 5.75. The van der Waals surface area contributed by atoms with E-state index in [-0.39, 0.29) is 6.10 Å². The van der Waals surface area contributed by atoms with Crippen LogP contribution in [0.15, 0.2) is 47.5 Å². The lowest BCUT2D eigenvalue weighted by atomic mass is 9.95. The molecule has 3 nitrogen and oxygen atoms in total. The molecule has 0 spiro atoms. The van der Waals surface area contributed by atoms with Gasteiger partial charge in [-0.25, -0.2) is 4.99 Å². The van der Waals surface area contributed by atoms with E-state index in [1.165, 1.54) is 11.1 Å². The second kappa shape index (κ2) is 7.23. The van der Waals surface area contributed by atoms with E-state index < -0.39 is 0 Å². The number of aryl methyl sites for hydroxylation is 2. The van der Waals surface area contributed by atoms with Gasteiger partial charge in [-0.1, -0.05) is 36.4 Å². The summed E-state index contributed by atoms with van der Waals surface area (Å²) >= 11 is 0. The van der Waals surface area contributed by atoms with Gasteiger partial charge in [0, 0.05) is 21.2 Å². The molecule has 0 N–H and O–H groups in total. The zero-order valence-corrected chi connectivity index (χ0v) is 14.0. The molecule has 0 aliphatic carbocycles. The summed E-state index contributed by atoms with van der Waals surface area (Å²) in [5.41, 5.74) is 5.69. The first-order valence-corrected chi connectivity index (χ1v) is 7.42. The van der Waals surface area contributed by atoms with Crippen molar-refractivity contribution < 1.29 is 4.74 Å². The maximum absolute atomic E-state index is 5.75. The summed E-state index contributed by atoms with van der Waals surface area (Å²) in [5.74, 6) is 0. The summed E-state index contributed by atoms with van der Waals surface area (Å²) in [7, 11) is 5.69. The molecule has 0 aliphatic rings. The van der Waals surface area contributed by atoms with Crippen LogP contribution in [0.2, 0.25) is 0 Å². The summed E-state index contributed by atoms with van der Waals surface area (Å²) in [4.78, 5) is 6.46. The SMILES string of the molecule is COC(c1ccccc1)c1cc(C)c(/N=C\N(C)C)cc1C. The number of rotatable bonds is 5. The van der Waals surface area contributed by atoms with Gasteiger partial charge in [0.15, 0.2) is 0 Å². The zero-order chi connectivity index (χ0) is 16.1. The van der Waals surface area contributed by atoms with Crippen molar-refractivity contribution in [1.82, 2.24) is 4.90 Å². The van der Waals surface area contributed by atoms with Crippen LogP contribution in [-0.2, 0) is 4.74 Å². The van der Waals surface area contributed by atoms with E-state index in [1.54, 1.807) is 7.11 Å². The van der Waals surface area contributed by atoms with Crippen LogP contribution in [0, 0.1) is 13.8 Å². The molecule has 0 bridgehead atoms. The van der Waals surface area contributed by atoms with E-state index in [0.717, 1.165) is 16.8 Å². The number of hydrogen-bond acceptors (Lipinski definition) is 2. The van der Waals surface area contributed by atoms with Crippen LogP contribution in [0.5, 0.6) is 0 Å².